The number of amides is 2. The maximum Gasteiger partial charge on any atom is 0.316 e. The Morgan fingerprint density at radius 1 is 1.19 bits per heavy atom. The standard InChI is InChI=1S/C20H33NO5Si/c1-8-11-25-20(24)12-19(23)21-17(9-10-18(21)22)13-26-27(14(2)3,15(4)5)16(6)7/h1,14-17H,9-13H2,2-7H3/t17-/m0/s1. The second-order valence-electron chi connectivity index (χ2n) is 8.02. The Balaban J connectivity index is 2.86. The summed E-state index contributed by atoms with van der Waals surface area (Å²) in [6.07, 6.45) is 5.41. The van der Waals surface area contributed by atoms with Crippen LogP contribution in [0.2, 0.25) is 16.6 Å². The molecule has 1 heterocycles. The first kappa shape index (κ1) is 23.4. The van der Waals surface area contributed by atoms with Crippen molar-refractivity contribution in [2.45, 2.75) is 83.5 Å². The molecule has 0 aromatic carbocycles. The Morgan fingerprint density at radius 3 is 2.22 bits per heavy atom. The van der Waals surface area contributed by atoms with Crippen molar-refractivity contribution >= 4 is 26.1 Å². The second-order valence-corrected chi connectivity index (χ2v) is 13.5. The number of terminal acetylenes is 1. The van der Waals surface area contributed by atoms with Gasteiger partial charge in [-0.15, -0.1) is 6.42 Å². The van der Waals surface area contributed by atoms with Crippen LogP contribution in [-0.4, -0.2) is 50.3 Å². The highest BCUT2D eigenvalue weighted by Gasteiger charge is 2.46. The fraction of sp³-hybridized carbons (Fsp3) is 0.750. The molecule has 0 aromatic heterocycles. The van der Waals surface area contributed by atoms with Crippen LogP contribution in [0, 0.1) is 12.3 Å². The normalized spacial score (nSPS) is 17.7. The van der Waals surface area contributed by atoms with Gasteiger partial charge in [0.1, 0.15) is 6.42 Å². The fourth-order valence-corrected chi connectivity index (χ4v) is 9.85. The lowest BCUT2D eigenvalue weighted by atomic mass is 10.2. The van der Waals surface area contributed by atoms with Crippen LogP contribution in [0.5, 0.6) is 0 Å². The Hall–Kier alpha value is -1.65. The Labute approximate surface area is 164 Å². The highest BCUT2D eigenvalue weighted by atomic mass is 28.4. The number of carbonyl (C=O) groups is 3. The first-order valence-electron chi connectivity index (χ1n) is 9.65. The van der Waals surface area contributed by atoms with Crippen molar-refractivity contribution in [3.63, 3.8) is 0 Å². The number of imide groups is 1. The molecule has 1 saturated heterocycles. The molecule has 0 aliphatic carbocycles. The number of hydrogen-bond donors (Lipinski definition) is 0. The third kappa shape index (κ3) is 5.42. The maximum absolute atomic E-state index is 12.5. The number of rotatable bonds is 9. The van der Waals surface area contributed by atoms with Crippen LogP contribution in [0.4, 0.5) is 0 Å². The van der Waals surface area contributed by atoms with Gasteiger partial charge >= 0.3 is 5.97 Å². The summed E-state index contributed by atoms with van der Waals surface area (Å²) in [5.41, 5.74) is 1.24. The summed E-state index contributed by atoms with van der Waals surface area (Å²) in [6.45, 7) is 13.3. The van der Waals surface area contributed by atoms with Crippen molar-refractivity contribution in [2.75, 3.05) is 13.2 Å². The number of ether oxygens (including phenoxy) is 1. The molecule has 0 radical (unpaired) electrons. The van der Waals surface area contributed by atoms with Crippen LogP contribution in [0.3, 0.4) is 0 Å². The SMILES string of the molecule is C#CCOC(=O)CC(=O)N1C(=O)CC[C@H]1CO[Si](C(C)C)(C(C)C)C(C)C. The molecule has 27 heavy (non-hydrogen) atoms. The number of esters is 1. The van der Waals surface area contributed by atoms with Gasteiger partial charge in [0, 0.05) is 6.42 Å². The van der Waals surface area contributed by atoms with Crippen molar-refractivity contribution in [1.29, 1.82) is 0 Å². The molecular formula is C20H33NO5Si. The molecule has 0 saturated carbocycles. The smallest absolute Gasteiger partial charge is 0.316 e. The largest absolute Gasteiger partial charge is 0.452 e. The predicted molar refractivity (Wildman–Crippen MR) is 106 cm³/mol. The van der Waals surface area contributed by atoms with E-state index in [0.29, 0.717) is 36.1 Å². The molecule has 0 unspecified atom stereocenters. The number of nitrogens with zero attached hydrogens (tertiary/aromatic N) is 1. The predicted octanol–water partition coefficient (Wildman–Crippen LogP) is 3.26. The van der Waals surface area contributed by atoms with Crippen molar-refractivity contribution in [2.24, 2.45) is 0 Å². The van der Waals surface area contributed by atoms with Crippen LogP contribution in [-0.2, 0) is 23.5 Å². The molecule has 1 fully saturated rings. The number of hydrogen-bond acceptors (Lipinski definition) is 5. The molecule has 0 bridgehead atoms. The second kappa shape index (κ2) is 10.0. The first-order chi connectivity index (χ1) is 12.6. The van der Waals surface area contributed by atoms with E-state index in [1.165, 1.54) is 4.90 Å². The monoisotopic (exact) mass is 395 g/mol. The van der Waals surface area contributed by atoms with E-state index in [2.05, 4.69) is 47.5 Å². The van der Waals surface area contributed by atoms with Crippen LogP contribution < -0.4 is 0 Å². The van der Waals surface area contributed by atoms with Gasteiger partial charge in [-0.1, -0.05) is 47.5 Å². The van der Waals surface area contributed by atoms with Gasteiger partial charge in [-0.2, -0.15) is 0 Å². The lowest BCUT2D eigenvalue weighted by Crippen LogP contribution is -2.51. The van der Waals surface area contributed by atoms with Crippen LogP contribution in [0.1, 0.15) is 60.8 Å². The van der Waals surface area contributed by atoms with Gasteiger partial charge in [-0.05, 0) is 23.0 Å². The molecule has 0 spiro atoms. The van der Waals surface area contributed by atoms with E-state index in [9.17, 15) is 14.4 Å². The summed E-state index contributed by atoms with van der Waals surface area (Å²) in [4.78, 5) is 37.6. The molecule has 1 aliphatic rings. The third-order valence-electron chi connectivity index (χ3n) is 5.44. The number of carbonyl (C=O) groups excluding carboxylic acids is 3. The average molecular weight is 396 g/mol. The lowest BCUT2D eigenvalue weighted by molar-refractivity contribution is -0.151. The molecule has 7 heteroatoms. The summed E-state index contributed by atoms with van der Waals surface area (Å²) >= 11 is 0. The zero-order valence-corrected chi connectivity index (χ0v) is 18.4. The Bertz CT molecular complexity index is 572. The van der Waals surface area contributed by atoms with Crippen molar-refractivity contribution < 1.29 is 23.5 Å². The molecule has 6 nitrogen and oxygen atoms in total. The third-order valence-corrected chi connectivity index (χ3v) is 11.5. The highest BCUT2D eigenvalue weighted by Crippen LogP contribution is 2.42. The van der Waals surface area contributed by atoms with Crippen LogP contribution >= 0.6 is 0 Å². The summed E-state index contributed by atoms with van der Waals surface area (Å²) in [6, 6.07) is -0.325. The van der Waals surface area contributed by atoms with E-state index in [1.807, 2.05) is 0 Å². The van der Waals surface area contributed by atoms with Crippen LogP contribution in [0.15, 0.2) is 0 Å². The summed E-state index contributed by atoms with van der Waals surface area (Å²) < 4.78 is 11.3. The van der Waals surface area contributed by atoms with E-state index < -0.39 is 26.6 Å². The summed E-state index contributed by atoms with van der Waals surface area (Å²) in [5, 5.41) is 0. The minimum atomic E-state index is -2.09. The molecule has 1 atom stereocenters. The molecule has 0 aromatic rings. The van der Waals surface area contributed by atoms with Gasteiger partial charge < -0.3 is 9.16 Å². The fourth-order valence-electron chi connectivity index (χ4n) is 4.37. The van der Waals surface area contributed by atoms with Gasteiger partial charge in [-0.3, -0.25) is 19.3 Å². The van der Waals surface area contributed by atoms with Crippen molar-refractivity contribution in [1.82, 2.24) is 4.90 Å². The van der Waals surface area contributed by atoms with E-state index in [4.69, 9.17) is 15.6 Å². The quantitative estimate of drug-likeness (QED) is 0.259. The van der Waals surface area contributed by atoms with Gasteiger partial charge in [0.2, 0.25) is 11.8 Å². The molecule has 2 amide bonds. The minimum Gasteiger partial charge on any atom is -0.452 e. The van der Waals surface area contributed by atoms with Gasteiger partial charge in [0.25, 0.3) is 0 Å². The van der Waals surface area contributed by atoms with Crippen molar-refractivity contribution in [3.8, 4) is 12.3 Å². The molecule has 1 rings (SSSR count). The molecular weight excluding hydrogens is 362 g/mol. The van der Waals surface area contributed by atoms with E-state index in [-0.39, 0.29) is 18.6 Å². The maximum atomic E-state index is 12.5. The zero-order valence-electron chi connectivity index (χ0n) is 17.4. The van der Waals surface area contributed by atoms with Gasteiger partial charge in [0.05, 0.1) is 12.6 Å². The Morgan fingerprint density at radius 2 is 1.74 bits per heavy atom. The minimum absolute atomic E-state index is 0.183. The summed E-state index contributed by atoms with van der Waals surface area (Å²) in [5.74, 6) is 0.659. The number of likely N-dealkylation sites (tertiary alicyclic amines) is 1. The van der Waals surface area contributed by atoms with Crippen molar-refractivity contribution in [3.05, 3.63) is 0 Å². The van der Waals surface area contributed by atoms with Gasteiger partial charge in [0.15, 0.2) is 14.9 Å². The van der Waals surface area contributed by atoms with E-state index in [1.54, 1.807) is 0 Å². The van der Waals surface area contributed by atoms with Gasteiger partial charge in [-0.25, -0.2) is 0 Å². The molecule has 0 N–H and O–H groups in total. The topological polar surface area (TPSA) is 72.9 Å². The average Bonchev–Trinajstić information content (AvgIpc) is 2.93. The molecule has 1 aliphatic heterocycles. The summed E-state index contributed by atoms with van der Waals surface area (Å²) in [7, 11) is -2.09. The Kier molecular flexibility index (Phi) is 8.70. The van der Waals surface area contributed by atoms with E-state index in [0.717, 1.165) is 0 Å². The molecule has 152 valence electrons. The highest BCUT2D eigenvalue weighted by molar-refractivity contribution is 6.77. The van der Waals surface area contributed by atoms with E-state index >= 15 is 0 Å². The van der Waals surface area contributed by atoms with Crippen LogP contribution in [0.25, 0.3) is 0 Å². The lowest BCUT2D eigenvalue weighted by Gasteiger charge is -2.43. The first-order valence-corrected chi connectivity index (χ1v) is 11.8. The zero-order chi connectivity index (χ0) is 20.8.